The van der Waals surface area contributed by atoms with Gasteiger partial charge < -0.3 is 15.7 Å². The molecule has 4 nitrogen and oxygen atoms in total. The number of hydrogen-bond acceptors (Lipinski definition) is 3. The van der Waals surface area contributed by atoms with E-state index >= 15 is 0 Å². The summed E-state index contributed by atoms with van der Waals surface area (Å²) in [6, 6.07) is 9.29. The average Bonchev–Trinajstić information content (AvgIpc) is 2.42. The molecular weight excluding hydrogens is 339 g/mol. The van der Waals surface area contributed by atoms with Gasteiger partial charge in [0, 0.05) is 29.2 Å². The molecule has 2 rings (SSSR count). The number of aromatic hydroxyl groups is 1. The zero-order valence-corrected chi connectivity index (χ0v) is 12.9. The molecule has 0 heterocycles. The Bertz CT molecular complexity index is 677. The van der Waals surface area contributed by atoms with Crippen LogP contribution in [0.1, 0.15) is 12.5 Å². The van der Waals surface area contributed by atoms with Gasteiger partial charge in [-0.3, -0.25) is 4.79 Å². The van der Waals surface area contributed by atoms with Crippen LogP contribution in [0.3, 0.4) is 0 Å². The molecular formula is C15H14BrFN2O2. The zero-order chi connectivity index (χ0) is 15.4. The summed E-state index contributed by atoms with van der Waals surface area (Å²) in [7, 11) is 0. The minimum Gasteiger partial charge on any atom is -0.508 e. The van der Waals surface area contributed by atoms with Crippen molar-refractivity contribution in [1.29, 1.82) is 0 Å². The molecule has 0 unspecified atom stereocenters. The molecule has 2 aromatic carbocycles. The van der Waals surface area contributed by atoms with Crippen molar-refractivity contribution in [3.05, 3.63) is 52.3 Å². The van der Waals surface area contributed by atoms with Gasteiger partial charge in [-0.05, 0) is 36.4 Å². The van der Waals surface area contributed by atoms with Crippen molar-refractivity contribution in [2.24, 2.45) is 0 Å². The second-order valence-corrected chi connectivity index (χ2v) is 5.42. The van der Waals surface area contributed by atoms with Gasteiger partial charge in [-0.25, -0.2) is 4.39 Å². The van der Waals surface area contributed by atoms with Crippen molar-refractivity contribution in [3.63, 3.8) is 0 Å². The summed E-state index contributed by atoms with van der Waals surface area (Å²) in [5.74, 6) is -0.528. The Balaban J connectivity index is 2.15. The van der Waals surface area contributed by atoms with Crippen LogP contribution in [0, 0.1) is 5.82 Å². The van der Waals surface area contributed by atoms with Gasteiger partial charge in [-0.15, -0.1) is 0 Å². The second-order valence-electron chi connectivity index (χ2n) is 4.50. The first-order valence-electron chi connectivity index (χ1n) is 6.24. The summed E-state index contributed by atoms with van der Waals surface area (Å²) >= 11 is 3.32. The normalized spacial score (nSPS) is 10.2. The minimum atomic E-state index is -0.432. The van der Waals surface area contributed by atoms with Crippen molar-refractivity contribution in [1.82, 2.24) is 0 Å². The standard InChI is InChI=1S/C15H14BrFN2O2/c1-9(20)19-12-3-4-13(17)14(7-12)18-8-10-6-11(16)2-5-15(10)21/h2-7,18,21H,8H2,1H3,(H,19,20). The summed E-state index contributed by atoms with van der Waals surface area (Å²) in [5.41, 5.74) is 1.39. The molecule has 0 saturated carbocycles. The van der Waals surface area contributed by atoms with Gasteiger partial charge in [0.15, 0.2) is 0 Å². The van der Waals surface area contributed by atoms with E-state index in [1.54, 1.807) is 18.2 Å². The summed E-state index contributed by atoms with van der Waals surface area (Å²) < 4.78 is 14.6. The van der Waals surface area contributed by atoms with Crippen molar-refractivity contribution < 1.29 is 14.3 Å². The number of nitrogens with one attached hydrogen (secondary N) is 2. The zero-order valence-electron chi connectivity index (χ0n) is 11.3. The van der Waals surface area contributed by atoms with Crippen LogP contribution in [-0.4, -0.2) is 11.0 Å². The molecule has 0 fully saturated rings. The maximum absolute atomic E-state index is 13.7. The van der Waals surface area contributed by atoms with E-state index in [2.05, 4.69) is 26.6 Å². The largest absolute Gasteiger partial charge is 0.508 e. The smallest absolute Gasteiger partial charge is 0.221 e. The first-order chi connectivity index (χ1) is 9.95. The Morgan fingerprint density at radius 2 is 2.05 bits per heavy atom. The molecule has 3 N–H and O–H groups in total. The van der Waals surface area contributed by atoms with E-state index in [0.717, 1.165) is 4.47 Å². The van der Waals surface area contributed by atoms with Crippen LogP contribution in [0.4, 0.5) is 15.8 Å². The van der Waals surface area contributed by atoms with Crippen LogP contribution in [0.2, 0.25) is 0 Å². The SMILES string of the molecule is CC(=O)Nc1ccc(F)c(NCc2cc(Br)ccc2O)c1. The van der Waals surface area contributed by atoms with E-state index in [4.69, 9.17) is 0 Å². The third-order valence-electron chi connectivity index (χ3n) is 2.80. The third kappa shape index (κ3) is 4.19. The number of carbonyl (C=O) groups excluding carboxylic acids is 1. The lowest BCUT2D eigenvalue weighted by Gasteiger charge is -2.11. The lowest BCUT2D eigenvalue weighted by atomic mass is 10.2. The minimum absolute atomic E-state index is 0.129. The lowest BCUT2D eigenvalue weighted by Crippen LogP contribution is -2.07. The highest BCUT2D eigenvalue weighted by Gasteiger charge is 2.07. The molecule has 110 valence electrons. The highest BCUT2D eigenvalue weighted by molar-refractivity contribution is 9.10. The van der Waals surface area contributed by atoms with E-state index in [9.17, 15) is 14.3 Å². The van der Waals surface area contributed by atoms with Gasteiger partial charge >= 0.3 is 0 Å². The van der Waals surface area contributed by atoms with E-state index in [1.165, 1.54) is 25.1 Å². The molecule has 0 bridgehead atoms. The van der Waals surface area contributed by atoms with E-state index in [-0.39, 0.29) is 23.9 Å². The molecule has 0 saturated heterocycles. The highest BCUT2D eigenvalue weighted by atomic mass is 79.9. The number of amides is 1. The lowest BCUT2D eigenvalue weighted by molar-refractivity contribution is -0.114. The van der Waals surface area contributed by atoms with Gasteiger partial charge in [0.05, 0.1) is 5.69 Å². The molecule has 6 heteroatoms. The average molecular weight is 353 g/mol. The number of hydrogen-bond donors (Lipinski definition) is 3. The summed E-state index contributed by atoms with van der Waals surface area (Å²) in [6.45, 7) is 1.64. The quantitative estimate of drug-likeness (QED) is 0.782. The Hall–Kier alpha value is -2.08. The molecule has 0 radical (unpaired) electrons. The maximum Gasteiger partial charge on any atom is 0.221 e. The summed E-state index contributed by atoms with van der Waals surface area (Å²) in [4.78, 5) is 11.0. The van der Waals surface area contributed by atoms with Crippen LogP contribution >= 0.6 is 15.9 Å². The van der Waals surface area contributed by atoms with E-state index in [0.29, 0.717) is 11.3 Å². The molecule has 0 aliphatic carbocycles. The monoisotopic (exact) mass is 352 g/mol. The number of phenols is 1. The first kappa shape index (κ1) is 15.3. The summed E-state index contributed by atoms with van der Waals surface area (Å²) in [6.07, 6.45) is 0. The van der Waals surface area contributed by atoms with E-state index < -0.39 is 5.82 Å². The Labute approximate surface area is 130 Å². The van der Waals surface area contributed by atoms with Gasteiger partial charge in [0.2, 0.25) is 5.91 Å². The summed E-state index contributed by atoms with van der Waals surface area (Å²) in [5, 5.41) is 15.2. The fraction of sp³-hybridized carbons (Fsp3) is 0.133. The van der Waals surface area contributed by atoms with Crippen LogP contribution in [0.5, 0.6) is 5.75 Å². The van der Waals surface area contributed by atoms with Gasteiger partial charge in [0.25, 0.3) is 0 Å². The Kier molecular flexibility index (Phi) is 4.80. The van der Waals surface area contributed by atoms with Crippen molar-refractivity contribution in [2.45, 2.75) is 13.5 Å². The Morgan fingerprint density at radius 3 is 2.76 bits per heavy atom. The Morgan fingerprint density at radius 1 is 1.29 bits per heavy atom. The number of phenolic OH excluding ortho intramolecular Hbond substituents is 1. The first-order valence-corrected chi connectivity index (χ1v) is 7.03. The predicted molar refractivity (Wildman–Crippen MR) is 83.8 cm³/mol. The fourth-order valence-electron chi connectivity index (χ4n) is 1.83. The maximum atomic E-state index is 13.7. The van der Waals surface area contributed by atoms with Crippen LogP contribution in [0.15, 0.2) is 40.9 Å². The van der Waals surface area contributed by atoms with Crippen molar-refractivity contribution in [2.75, 3.05) is 10.6 Å². The van der Waals surface area contributed by atoms with Crippen LogP contribution < -0.4 is 10.6 Å². The number of carbonyl (C=O) groups is 1. The molecule has 0 aromatic heterocycles. The molecule has 0 atom stereocenters. The third-order valence-corrected chi connectivity index (χ3v) is 3.29. The van der Waals surface area contributed by atoms with Crippen molar-refractivity contribution in [3.8, 4) is 5.75 Å². The van der Waals surface area contributed by atoms with Crippen LogP contribution in [-0.2, 0) is 11.3 Å². The van der Waals surface area contributed by atoms with Crippen molar-refractivity contribution >= 4 is 33.2 Å². The molecule has 0 aliphatic rings. The highest BCUT2D eigenvalue weighted by Crippen LogP contribution is 2.25. The van der Waals surface area contributed by atoms with Gasteiger partial charge in [-0.2, -0.15) is 0 Å². The fourth-order valence-corrected chi connectivity index (χ4v) is 2.24. The predicted octanol–water partition coefficient (Wildman–Crippen LogP) is 3.86. The topological polar surface area (TPSA) is 61.4 Å². The molecule has 2 aromatic rings. The van der Waals surface area contributed by atoms with Gasteiger partial charge in [0.1, 0.15) is 11.6 Å². The van der Waals surface area contributed by atoms with Gasteiger partial charge in [-0.1, -0.05) is 15.9 Å². The van der Waals surface area contributed by atoms with Crippen LogP contribution in [0.25, 0.3) is 0 Å². The molecule has 21 heavy (non-hydrogen) atoms. The number of anilines is 2. The molecule has 0 aliphatic heterocycles. The second kappa shape index (κ2) is 6.58. The van der Waals surface area contributed by atoms with E-state index in [1.807, 2.05) is 0 Å². The molecule has 0 spiro atoms. The number of halogens is 2. The number of benzene rings is 2. The number of rotatable bonds is 4. The molecule has 1 amide bonds.